The number of esters is 1. The van der Waals surface area contributed by atoms with E-state index < -0.39 is 18.2 Å². The highest BCUT2D eigenvalue weighted by molar-refractivity contribution is 6.35. The molecular formula is C19H14Cl2N2O4. The van der Waals surface area contributed by atoms with Crippen LogP contribution in [0.5, 0.6) is 0 Å². The molecule has 0 aliphatic carbocycles. The number of ether oxygens (including phenoxy) is 1. The van der Waals surface area contributed by atoms with E-state index in [0.717, 1.165) is 0 Å². The molecule has 0 aromatic heterocycles. The Morgan fingerprint density at radius 2 is 1.81 bits per heavy atom. The van der Waals surface area contributed by atoms with Crippen molar-refractivity contribution in [1.82, 2.24) is 4.90 Å². The number of cyclic esters (lactones) is 1. The van der Waals surface area contributed by atoms with Gasteiger partial charge in [0.05, 0.1) is 5.56 Å². The first kappa shape index (κ1) is 17.8. The van der Waals surface area contributed by atoms with Crippen LogP contribution < -0.4 is 5.32 Å². The van der Waals surface area contributed by atoms with Crippen molar-refractivity contribution < 1.29 is 19.1 Å². The number of anilines is 1. The maximum Gasteiger partial charge on any atom is 0.340 e. The van der Waals surface area contributed by atoms with Crippen LogP contribution >= 0.6 is 23.2 Å². The lowest BCUT2D eigenvalue weighted by molar-refractivity contribution is -0.144. The zero-order valence-corrected chi connectivity index (χ0v) is 15.5. The summed E-state index contributed by atoms with van der Waals surface area (Å²) in [6, 6.07) is 10.8. The number of halogens is 2. The number of hydrogen-bond acceptors (Lipinski definition) is 4. The maximum absolute atomic E-state index is 12.8. The Hall–Kier alpha value is -2.57. The zero-order valence-electron chi connectivity index (χ0n) is 13.9. The number of amides is 2. The highest BCUT2D eigenvalue weighted by Crippen LogP contribution is 2.38. The van der Waals surface area contributed by atoms with Gasteiger partial charge in [0.2, 0.25) is 18.0 Å². The number of rotatable bonds is 3. The molecule has 2 aromatic carbocycles. The molecule has 8 heteroatoms. The van der Waals surface area contributed by atoms with Crippen LogP contribution in [-0.2, 0) is 14.3 Å². The normalized spacial score (nSPS) is 21.2. The van der Waals surface area contributed by atoms with Crippen molar-refractivity contribution in [1.29, 1.82) is 0 Å². The molecule has 2 heterocycles. The van der Waals surface area contributed by atoms with Gasteiger partial charge >= 0.3 is 5.97 Å². The first-order valence-electron chi connectivity index (χ1n) is 8.32. The van der Waals surface area contributed by atoms with Crippen molar-refractivity contribution in [2.45, 2.75) is 25.1 Å². The predicted octanol–water partition coefficient (Wildman–Crippen LogP) is 3.79. The first-order chi connectivity index (χ1) is 12.9. The number of fused-ring (bicyclic) bond motifs is 1. The molecule has 1 N–H and O–H groups in total. The number of benzene rings is 2. The quantitative estimate of drug-likeness (QED) is 0.789. The third-order valence-electron chi connectivity index (χ3n) is 4.61. The molecule has 1 fully saturated rings. The summed E-state index contributed by atoms with van der Waals surface area (Å²) in [5, 5.41) is 3.50. The van der Waals surface area contributed by atoms with Crippen LogP contribution in [0.15, 0.2) is 42.5 Å². The fourth-order valence-electron chi connectivity index (χ4n) is 3.44. The Kier molecular flexibility index (Phi) is 4.53. The van der Waals surface area contributed by atoms with E-state index in [4.69, 9.17) is 27.9 Å². The summed E-state index contributed by atoms with van der Waals surface area (Å²) < 4.78 is 5.40. The second-order valence-corrected chi connectivity index (χ2v) is 7.22. The lowest BCUT2D eigenvalue weighted by atomic mass is 10.1. The molecule has 2 aromatic rings. The number of nitrogens with one attached hydrogen (secondary N) is 1. The first-order valence-corrected chi connectivity index (χ1v) is 9.07. The maximum atomic E-state index is 12.8. The van der Waals surface area contributed by atoms with Gasteiger partial charge in [0, 0.05) is 27.7 Å². The molecule has 0 radical (unpaired) electrons. The largest absolute Gasteiger partial charge is 0.433 e. The van der Waals surface area contributed by atoms with E-state index in [1.807, 2.05) is 0 Å². The summed E-state index contributed by atoms with van der Waals surface area (Å²) in [6.07, 6.45) is -0.373. The van der Waals surface area contributed by atoms with Crippen molar-refractivity contribution in [2.24, 2.45) is 0 Å². The van der Waals surface area contributed by atoms with Gasteiger partial charge in [0.1, 0.15) is 6.04 Å². The average Bonchev–Trinajstić information content (AvgIpc) is 3.14. The van der Waals surface area contributed by atoms with Gasteiger partial charge in [-0.05, 0) is 30.7 Å². The highest BCUT2D eigenvalue weighted by atomic mass is 35.5. The molecule has 2 atom stereocenters. The summed E-state index contributed by atoms with van der Waals surface area (Å²) in [4.78, 5) is 38.7. The number of carbonyl (C=O) groups is 3. The van der Waals surface area contributed by atoms with Crippen molar-refractivity contribution >= 4 is 46.7 Å². The van der Waals surface area contributed by atoms with Crippen LogP contribution in [-0.4, -0.2) is 28.7 Å². The molecule has 2 aliphatic rings. The van der Waals surface area contributed by atoms with Crippen molar-refractivity contribution in [3.63, 3.8) is 0 Å². The summed E-state index contributed by atoms with van der Waals surface area (Å²) in [5.74, 6) is -1.13. The Morgan fingerprint density at radius 1 is 1.11 bits per heavy atom. The third-order valence-corrected chi connectivity index (χ3v) is 5.04. The standard InChI is InChI=1S/C19H14Cl2N2O4/c20-10-7-11(21)9-12(8-10)22-17(25)15-5-6-16(24)23(15)18-13-3-1-2-4-14(13)19(26)27-18/h1-4,7-9,15,18H,5-6H2,(H,22,25)/t15-,18?/m0/s1. The highest BCUT2D eigenvalue weighted by Gasteiger charge is 2.46. The SMILES string of the molecule is O=C1OC(N2C(=O)CC[C@H]2C(=O)Nc2cc(Cl)cc(Cl)c2)c2ccccc21. The average molecular weight is 405 g/mol. The van der Waals surface area contributed by atoms with Crippen LogP contribution in [0.1, 0.15) is 35.0 Å². The minimum atomic E-state index is -0.901. The molecule has 0 saturated carbocycles. The molecule has 0 spiro atoms. The molecule has 138 valence electrons. The minimum Gasteiger partial charge on any atom is -0.433 e. The van der Waals surface area contributed by atoms with Crippen LogP contribution in [0.25, 0.3) is 0 Å². The number of likely N-dealkylation sites (tertiary alicyclic amines) is 1. The zero-order chi connectivity index (χ0) is 19.1. The Labute approximate surface area is 165 Å². The third kappa shape index (κ3) is 3.26. The lowest BCUT2D eigenvalue weighted by Crippen LogP contribution is -2.43. The summed E-state index contributed by atoms with van der Waals surface area (Å²) >= 11 is 11.9. The summed E-state index contributed by atoms with van der Waals surface area (Å²) in [6.45, 7) is 0. The van der Waals surface area contributed by atoms with Gasteiger partial charge in [0.25, 0.3) is 0 Å². The Morgan fingerprint density at radius 3 is 2.56 bits per heavy atom. The Bertz CT molecular complexity index is 942. The van der Waals surface area contributed by atoms with Gasteiger partial charge in [-0.25, -0.2) is 4.79 Å². The van der Waals surface area contributed by atoms with Gasteiger partial charge in [0.15, 0.2) is 0 Å². The van der Waals surface area contributed by atoms with E-state index in [2.05, 4.69) is 5.32 Å². The molecular weight excluding hydrogens is 391 g/mol. The molecule has 1 unspecified atom stereocenters. The monoisotopic (exact) mass is 404 g/mol. The Balaban J connectivity index is 1.60. The van der Waals surface area contributed by atoms with Crippen molar-refractivity contribution in [2.75, 3.05) is 5.32 Å². The lowest BCUT2D eigenvalue weighted by Gasteiger charge is -2.29. The second kappa shape index (κ2) is 6.87. The van der Waals surface area contributed by atoms with E-state index in [-0.39, 0.29) is 18.2 Å². The van der Waals surface area contributed by atoms with Gasteiger partial charge < -0.3 is 10.1 Å². The van der Waals surface area contributed by atoms with Gasteiger partial charge in [-0.3, -0.25) is 14.5 Å². The smallest absolute Gasteiger partial charge is 0.340 e. The number of carbonyl (C=O) groups excluding carboxylic acids is 3. The van der Waals surface area contributed by atoms with E-state index in [9.17, 15) is 14.4 Å². The van der Waals surface area contributed by atoms with Crippen LogP contribution in [0.2, 0.25) is 10.0 Å². The number of hydrogen-bond donors (Lipinski definition) is 1. The van der Waals surface area contributed by atoms with Crippen LogP contribution in [0.4, 0.5) is 5.69 Å². The van der Waals surface area contributed by atoms with E-state index in [1.165, 1.54) is 4.90 Å². The van der Waals surface area contributed by atoms with E-state index in [1.54, 1.807) is 42.5 Å². The van der Waals surface area contributed by atoms with E-state index >= 15 is 0 Å². The molecule has 1 saturated heterocycles. The molecule has 27 heavy (non-hydrogen) atoms. The van der Waals surface area contributed by atoms with Crippen molar-refractivity contribution in [3.8, 4) is 0 Å². The van der Waals surface area contributed by atoms with E-state index in [0.29, 0.717) is 33.3 Å². The van der Waals surface area contributed by atoms with Crippen LogP contribution in [0.3, 0.4) is 0 Å². The minimum absolute atomic E-state index is 0.199. The van der Waals surface area contributed by atoms with Gasteiger partial charge in [-0.1, -0.05) is 41.4 Å². The van der Waals surface area contributed by atoms with Gasteiger partial charge in [-0.2, -0.15) is 0 Å². The fraction of sp³-hybridized carbons (Fsp3) is 0.211. The topological polar surface area (TPSA) is 75.7 Å². The summed E-state index contributed by atoms with van der Waals surface area (Å²) in [7, 11) is 0. The second-order valence-electron chi connectivity index (χ2n) is 6.35. The van der Waals surface area contributed by atoms with Crippen LogP contribution in [0, 0.1) is 0 Å². The van der Waals surface area contributed by atoms with Gasteiger partial charge in [-0.15, -0.1) is 0 Å². The van der Waals surface area contributed by atoms with Crippen molar-refractivity contribution in [3.05, 3.63) is 63.6 Å². The molecule has 2 amide bonds. The molecule has 2 aliphatic heterocycles. The number of nitrogens with zero attached hydrogens (tertiary/aromatic N) is 1. The molecule has 4 rings (SSSR count). The summed E-state index contributed by atoms with van der Waals surface area (Å²) in [5.41, 5.74) is 1.42. The molecule has 0 bridgehead atoms. The molecule has 6 nitrogen and oxygen atoms in total. The predicted molar refractivity (Wildman–Crippen MR) is 99.6 cm³/mol. The fourth-order valence-corrected chi connectivity index (χ4v) is 3.96.